The van der Waals surface area contributed by atoms with Crippen molar-refractivity contribution in [1.29, 1.82) is 0 Å². The molecule has 0 bridgehead atoms. The summed E-state index contributed by atoms with van der Waals surface area (Å²) in [7, 11) is 1.42. The number of hydrogen-bond donors (Lipinski definition) is 4. The molecule has 0 saturated carbocycles. The van der Waals surface area contributed by atoms with Crippen LogP contribution in [-0.4, -0.2) is 46.4 Å². The number of Topliss-reactive ketones (excluding diaryl/α,β-unsaturated/α-hetero) is 1. The number of nitrogens with one attached hydrogen (secondary N) is 1. The van der Waals surface area contributed by atoms with E-state index in [-0.39, 0.29) is 65.6 Å². The molecule has 4 N–H and O–H groups in total. The third-order valence-corrected chi connectivity index (χ3v) is 6.96. The first kappa shape index (κ1) is 26.2. The topological polar surface area (TPSA) is 121 Å². The summed E-state index contributed by atoms with van der Waals surface area (Å²) in [4.78, 5) is 16.9. The highest BCUT2D eigenvalue weighted by Gasteiger charge is 2.39. The van der Waals surface area contributed by atoms with Crippen LogP contribution in [0.3, 0.4) is 0 Å². The van der Waals surface area contributed by atoms with E-state index >= 15 is 0 Å². The maximum absolute atomic E-state index is 13.8. The molecule has 1 aliphatic rings. The van der Waals surface area contributed by atoms with Gasteiger partial charge in [-0.2, -0.15) is 0 Å². The number of ether oxygens (including phenoxy) is 3. The highest BCUT2D eigenvalue weighted by atomic mass is 16.5. The first-order valence-corrected chi connectivity index (χ1v) is 12.9. The number of carbonyl (C=O) groups is 1. The lowest BCUT2D eigenvalue weighted by Crippen LogP contribution is -2.24. The quantitative estimate of drug-likeness (QED) is 0.206. The number of fused-ring (bicyclic) bond motifs is 1. The molecule has 1 aromatic heterocycles. The van der Waals surface area contributed by atoms with Gasteiger partial charge in [0.1, 0.15) is 23.2 Å². The van der Waals surface area contributed by atoms with Crippen molar-refractivity contribution in [1.82, 2.24) is 4.98 Å². The van der Waals surface area contributed by atoms with Crippen LogP contribution < -0.4 is 14.2 Å². The average Bonchev–Trinajstić information content (AvgIpc) is 3.48. The lowest BCUT2D eigenvalue weighted by molar-refractivity contribution is 0.0836. The van der Waals surface area contributed by atoms with Crippen LogP contribution in [0.4, 0.5) is 0 Å². The van der Waals surface area contributed by atoms with Crippen LogP contribution in [0.2, 0.25) is 0 Å². The van der Waals surface area contributed by atoms with E-state index in [9.17, 15) is 20.1 Å². The van der Waals surface area contributed by atoms with E-state index in [1.807, 2.05) is 48.8 Å². The molecule has 8 nitrogen and oxygen atoms in total. The summed E-state index contributed by atoms with van der Waals surface area (Å²) in [5, 5.41) is 30.8. The lowest BCUT2D eigenvalue weighted by Gasteiger charge is -2.32. The Morgan fingerprint density at radius 2 is 1.82 bits per heavy atom. The molecular formula is C31H31NO7. The van der Waals surface area contributed by atoms with E-state index in [1.54, 1.807) is 24.3 Å². The minimum absolute atomic E-state index is 0.0367. The number of aliphatic hydroxyl groups excluding tert-OH is 1. The number of carbonyl (C=O) groups excluding carboxylic acids is 1. The van der Waals surface area contributed by atoms with Crippen molar-refractivity contribution in [2.75, 3.05) is 20.3 Å². The number of ketones is 1. The smallest absolute Gasteiger partial charge is 0.204 e. The van der Waals surface area contributed by atoms with Gasteiger partial charge in [0.15, 0.2) is 17.3 Å². The number of hydrogen-bond acceptors (Lipinski definition) is 7. The van der Waals surface area contributed by atoms with Gasteiger partial charge in [-0.3, -0.25) is 4.79 Å². The molecular weight excluding hydrogens is 498 g/mol. The molecule has 2 unspecified atom stereocenters. The maximum atomic E-state index is 13.8. The van der Waals surface area contributed by atoms with Gasteiger partial charge in [0.05, 0.1) is 20.1 Å². The minimum atomic E-state index is -0.633. The summed E-state index contributed by atoms with van der Waals surface area (Å²) in [6.07, 6.45) is 3.94. The molecule has 8 heteroatoms. The Bertz CT molecular complexity index is 1420. The van der Waals surface area contributed by atoms with Gasteiger partial charge in [0.2, 0.25) is 5.75 Å². The SMILES string of the molecule is COc1c(O)c(C(Cc2ccccc2)c2cc[nH]c2)c2c(c1OCCCO)C(=O)CC(c1ccc(O)cc1)O2. The van der Waals surface area contributed by atoms with Crippen molar-refractivity contribution in [3.05, 3.63) is 101 Å². The summed E-state index contributed by atoms with van der Waals surface area (Å²) in [6.45, 7) is 0.0343. The van der Waals surface area contributed by atoms with Crippen molar-refractivity contribution in [3.63, 3.8) is 0 Å². The number of phenolic OH excluding ortho intramolecular Hbond substituents is 2. The van der Waals surface area contributed by atoms with Crippen LogP contribution in [0.15, 0.2) is 73.1 Å². The number of aromatic amines is 1. The summed E-state index contributed by atoms with van der Waals surface area (Å²) in [5.41, 5.74) is 3.29. The summed E-state index contributed by atoms with van der Waals surface area (Å²) < 4.78 is 18.1. The Balaban J connectivity index is 1.72. The summed E-state index contributed by atoms with van der Waals surface area (Å²) in [5.74, 6) is -0.279. The predicted octanol–water partition coefficient (Wildman–Crippen LogP) is 5.28. The number of H-pyrrole nitrogens is 1. The number of phenols is 2. The fraction of sp³-hybridized carbons (Fsp3) is 0.258. The third kappa shape index (κ3) is 5.28. The number of aromatic nitrogens is 1. The minimum Gasteiger partial charge on any atom is -0.508 e. The number of rotatable bonds is 10. The molecule has 2 atom stereocenters. The number of aromatic hydroxyl groups is 2. The van der Waals surface area contributed by atoms with Gasteiger partial charge in [-0.05, 0) is 41.3 Å². The normalized spacial score (nSPS) is 15.3. The molecule has 39 heavy (non-hydrogen) atoms. The summed E-state index contributed by atoms with van der Waals surface area (Å²) in [6, 6.07) is 18.3. The standard InChI is InChI=1S/C31H31NO7/c1-37-31-28(36)26(23(21-12-13-32-18-21)16-19-6-3-2-4-7-19)29-27(30(31)38-15-5-14-33)24(35)17-25(39-29)20-8-10-22(34)11-9-20/h2-4,6-13,18,23,25,32-34,36H,5,14-17H2,1H3. The van der Waals surface area contributed by atoms with Crippen LogP contribution in [0.5, 0.6) is 28.7 Å². The van der Waals surface area contributed by atoms with E-state index in [1.165, 1.54) is 7.11 Å². The maximum Gasteiger partial charge on any atom is 0.204 e. The second-order valence-corrected chi connectivity index (χ2v) is 9.47. The van der Waals surface area contributed by atoms with E-state index in [4.69, 9.17) is 14.2 Å². The van der Waals surface area contributed by atoms with Crippen molar-refractivity contribution < 1.29 is 34.3 Å². The lowest BCUT2D eigenvalue weighted by atomic mass is 9.82. The first-order valence-electron chi connectivity index (χ1n) is 12.9. The molecule has 2 heterocycles. The van der Waals surface area contributed by atoms with Crippen LogP contribution in [0.1, 0.15) is 57.5 Å². The highest BCUT2D eigenvalue weighted by Crippen LogP contribution is 2.55. The molecule has 0 radical (unpaired) electrons. The molecule has 0 fully saturated rings. The van der Waals surface area contributed by atoms with E-state index in [0.29, 0.717) is 18.4 Å². The molecule has 202 valence electrons. The molecule has 0 saturated heterocycles. The fourth-order valence-electron chi connectivity index (χ4n) is 5.07. The van der Waals surface area contributed by atoms with Gasteiger partial charge in [0.25, 0.3) is 0 Å². The Morgan fingerprint density at radius 1 is 1.05 bits per heavy atom. The summed E-state index contributed by atoms with van der Waals surface area (Å²) >= 11 is 0. The third-order valence-electron chi connectivity index (χ3n) is 6.96. The zero-order chi connectivity index (χ0) is 27.4. The van der Waals surface area contributed by atoms with Crippen molar-refractivity contribution in [3.8, 4) is 28.7 Å². The van der Waals surface area contributed by atoms with Gasteiger partial charge in [-0.15, -0.1) is 0 Å². The molecule has 3 aromatic carbocycles. The van der Waals surface area contributed by atoms with Crippen molar-refractivity contribution >= 4 is 5.78 Å². The van der Waals surface area contributed by atoms with Gasteiger partial charge in [0, 0.05) is 36.9 Å². The number of aliphatic hydroxyl groups is 1. The zero-order valence-electron chi connectivity index (χ0n) is 21.6. The van der Waals surface area contributed by atoms with Gasteiger partial charge in [-0.25, -0.2) is 0 Å². The second kappa shape index (κ2) is 11.5. The number of methoxy groups -OCH3 is 1. The van der Waals surface area contributed by atoms with Crippen LogP contribution in [0.25, 0.3) is 0 Å². The van der Waals surface area contributed by atoms with E-state index < -0.39 is 6.10 Å². The molecule has 0 aliphatic carbocycles. The van der Waals surface area contributed by atoms with Crippen LogP contribution in [-0.2, 0) is 6.42 Å². The Hall–Kier alpha value is -4.43. The van der Waals surface area contributed by atoms with Crippen molar-refractivity contribution in [2.24, 2.45) is 0 Å². The first-order chi connectivity index (χ1) is 19.0. The largest absolute Gasteiger partial charge is 0.508 e. The average molecular weight is 530 g/mol. The Morgan fingerprint density at radius 3 is 2.49 bits per heavy atom. The van der Waals surface area contributed by atoms with Gasteiger partial charge in [-0.1, -0.05) is 42.5 Å². The molecule has 1 aliphatic heterocycles. The van der Waals surface area contributed by atoms with Gasteiger partial charge < -0.3 is 34.5 Å². The second-order valence-electron chi connectivity index (χ2n) is 9.47. The molecule has 0 amide bonds. The Kier molecular flexibility index (Phi) is 7.74. The monoisotopic (exact) mass is 529 g/mol. The predicted molar refractivity (Wildman–Crippen MR) is 145 cm³/mol. The van der Waals surface area contributed by atoms with E-state index in [2.05, 4.69) is 4.98 Å². The van der Waals surface area contributed by atoms with Gasteiger partial charge >= 0.3 is 0 Å². The van der Waals surface area contributed by atoms with E-state index in [0.717, 1.165) is 16.7 Å². The number of benzene rings is 3. The molecule has 5 rings (SSSR count). The van der Waals surface area contributed by atoms with Crippen molar-refractivity contribution in [2.45, 2.75) is 31.3 Å². The highest BCUT2D eigenvalue weighted by molar-refractivity contribution is 6.04. The molecule has 4 aromatic rings. The molecule has 0 spiro atoms. The van der Waals surface area contributed by atoms with Crippen LogP contribution in [0, 0.1) is 0 Å². The van der Waals surface area contributed by atoms with Crippen LogP contribution >= 0.6 is 0 Å². The zero-order valence-corrected chi connectivity index (χ0v) is 21.6. The Labute approximate surface area is 226 Å². The fourth-order valence-corrected chi connectivity index (χ4v) is 5.07.